The molecule has 2 heterocycles. The summed E-state index contributed by atoms with van der Waals surface area (Å²) < 4.78 is 0. The zero-order valence-electron chi connectivity index (χ0n) is 9.81. The van der Waals surface area contributed by atoms with E-state index in [4.69, 9.17) is 5.73 Å². The molecule has 0 atom stereocenters. The number of aromatic nitrogens is 4. The summed E-state index contributed by atoms with van der Waals surface area (Å²) in [4.78, 5) is 17.2. The molecule has 7 nitrogen and oxygen atoms in total. The van der Waals surface area contributed by atoms with E-state index in [-0.39, 0.29) is 5.95 Å². The van der Waals surface area contributed by atoms with Crippen molar-refractivity contribution in [3.8, 4) is 0 Å². The second-order valence-corrected chi connectivity index (χ2v) is 3.48. The highest BCUT2D eigenvalue weighted by atomic mass is 15.3. The van der Waals surface area contributed by atoms with Gasteiger partial charge in [-0.25, -0.2) is 0 Å². The van der Waals surface area contributed by atoms with E-state index in [1.165, 1.54) is 0 Å². The van der Waals surface area contributed by atoms with Crippen LogP contribution in [0.2, 0.25) is 0 Å². The number of rotatable bonds is 4. The van der Waals surface area contributed by atoms with E-state index in [0.717, 1.165) is 12.2 Å². The average Bonchev–Trinajstić information content (AvgIpc) is 2.81. The lowest BCUT2D eigenvalue weighted by Gasteiger charge is -2.15. The molecule has 4 N–H and O–H groups in total. The molecule has 0 aliphatic rings. The van der Waals surface area contributed by atoms with Gasteiger partial charge in [0, 0.05) is 26.0 Å². The van der Waals surface area contributed by atoms with E-state index in [9.17, 15) is 0 Å². The first-order valence-electron chi connectivity index (χ1n) is 5.32. The fraction of sp³-hybridized carbons (Fsp3) is 0.300. The topological polar surface area (TPSA) is 95.7 Å². The van der Waals surface area contributed by atoms with Crippen molar-refractivity contribution >= 4 is 23.5 Å². The maximum atomic E-state index is 5.64. The molecule has 0 aromatic carbocycles. The number of hydrogen-bond acceptors (Lipinski definition) is 6. The van der Waals surface area contributed by atoms with Crippen LogP contribution in [0.4, 0.5) is 23.5 Å². The summed E-state index contributed by atoms with van der Waals surface area (Å²) in [6.07, 6.45) is 3.69. The molecule has 0 aliphatic carbocycles. The number of nitrogens with one attached hydrogen (secondary N) is 2. The van der Waals surface area contributed by atoms with Crippen LogP contribution in [-0.2, 0) is 0 Å². The van der Waals surface area contributed by atoms with Gasteiger partial charge in [-0.2, -0.15) is 15.0 Å². The van der Waals surface area contributed by atoms with E-state index in [1.54, 1.807) is 0 Å². The van der Waals surface area contributed by atoms with E-state index in [2.05, 4.69) is 25.3 Å². The molecule has 0 fully saturated rings. The fourth-order valence-electron chi connectivity index (χ4n) is 1.41. The van der Waals surface area contributed by atoms with E-state index in [0.29, 0.717) is 11.9 Å². The molecule has 2 rings (SSSR count). The monoisotopic (exact) mass is 233 g/mol. The summed E-state index contributed by atoms with van der Waals surface area (Å²) >= 11 is 0. The Bertz CT molecular complexity index is 479. The Morgan fingerprint density at radius 3 is 2.88 bits per heavy atom. The van der Waals surface area contributed by atoms with Gasteiger partial charge in [0.25, 0.3) is 0 Å². The van der Waals surface area contributed by atoms with Crippen molar-refractivity contribution in [1.82, 2.24) is 19.9 Å². The zero-order valence-corrected chi connectivity index (χ0v) is 9.81. The maximum absolute atomic E-state index is 5.64. The third-order valence-corrected chi connectivity index (χ3v) is 2.24. The normalized spacial score (nSPS) is 10.2. The molecular weight excluding hydrogens is 218 g/mol. The van der Waals surface area contributed by atoms with Crippen LogP contribution in [0.25, 0.3) is 0 Å². The molecule has 0 amide bonds. The van der Waals surface area contributed by atoms with Gasteiger partial charge in [-0.05, 0) is 13.0 Å². The lowest BCUT2D eigenvalue weighted by atomic mass is 10.5. The van der Waals surface area contributed by atoms with Gasteiger partial charge in [0.05, 0.1) is 5.69 Å². The third-order valence-electron chi connectivity index (χ3n) is 2.24. The highest BCUT2D eigenvalue weighted by Gasteiger charge is 2.10. The molecule has 0 unspecified atom stereocenters. The molecule has 90 valence electrons. The minimum Gasteiger partial charge on any atom is -0.368 e. The number of nitrogens with zero attached hydrogens (tertiary/aromatic N) is 4. The van der Waals surface area contributed by atoms with Crippen molar-refractivity contribution in [2.45, 2.75) is 6.92 Å². The van der Waals surface area contributed by atoms with Crippen molar-refractivity contribution in [1.29, 1.82) is 0 Å². The van der Waals surface area contributed by atoms with Crippen molar-refractivity contribution in [2.75, 3.05) is 29.5 Å². The summed E-state index contributed by atoms with van der Waals surface area (Å²) in [5.74, 6) is 1.19. The predicted molar refractivity (Wildman–Crippen MR) is 67.3 cm³/mol. The lowest BCUT2D eigenvalue weighted by molar-refractivity contribution is 0.983. The second-order valence-electron chi connectivity index (χ2n) is 3.48. The first-order chi connectivity index (χ1) is 8.20. The van der Waals surface area contributed by atoms with E-state index in [1.807, 2.05) is 37.3 Å². The van der Waals surface area contributed by atoms with Gasteiger partial charge in [0.1, 0.15) is 0 Å². The summed E-state index contributed by atoms with van der Waals surface area (Å²) in [7, 11) is 1.87. The van der Waals surface area contributed by atoms with Gasteiger partial charge < -0.3 is 20.9 Å². The number of H-pyrrole nitrogens is 1. The van der Waals surface area contributed by atoms with Crippen LogP contribution in [0.3, 0.4) is 0 Å². The Hall–Kier alpha value is -2.31. The van der Waals surface area contributed by atoms with Gasteiger partial charge in [0.2, 0.25) is 17.8 Å². The molecule has 17 heavy (non-hydrogen) atoms. The molecule has 2 aromatic heterocycles. The molecule has 7 heteroatoms. The zero-order chi connectivity index (χ0) is 12.3. The number of nitrogens with two attached hydrogens (primary N) is 1. The van der Waals surface area contributed by atoms with Crippen LogP contribution < -0.4 is 16.0 Å². The summed E-state index contributed by atoms with van der Waals surface area (Å²) in [5, 5.41) is 3.01. The Morgan fingerprint density at radius 1 is 1.41 bits per heavy atom. The van der Waals surface area contributed by atoms with Gasteiger partial charge in [-0.15, -0.1) is 0 Å². The third kappa shape index (κ3) is 2.44. The van der Waals surface area contributed by atoms with Crippen LogP contribution >= 0.6 is 0 Å². The molecule has 0 bridgehead atoms. The molecule has 0 radical (unpaired) electrons. The highest BCUT2D eigenvalue weighted by molar-refractivity contribution is 5.56. The summed E-state index contributed by atoms with van der Waals surface area (Å²) in [6, 6.07) is 1.92. The van der Waals surface area contributed by atoms with Crippen LogP contribution in [0.5, 0.6) is 0 Å². The second kappa shape index (κ2) is 4.69. The SMILES string of the molecule is CCNc1nc(N)nc(N(C)c2cc[nH]c2)n1. The first kappa shape index (κ1) is 11.2. The average molecular weight is 233 g/mol. The Kier molecular flexibility index (Phi) is 3.08. The van der Waals surface area contributed by atoms with Crippen LogP contribution in [0, 0.1) is 0 Å². The quantitative estimate of drug-likeness (QED) is 0.728. The van der Waals surface area contributed by atoms with E-state index >= 15 is 0 Å². The predicted octanol–water partition coefficient (Wildman–Crippen LogP) is 0.982. The van der Waals surface area contributed by atoms with Crippen molar-refractivity contribution < 1.29 is 0 Å². The summed E-state index contributed by atoms with van der Waals surface area (Å²) in [5.41, 5.74) is 6.60. The van der Waals surface area contributed by atoms with Gasteiger partial charge >= 0.3 is 0 Å². The standard InChI is InChI=1S/C10H15N7/c1-3-13-9-14-8(11)15-10(16-9)17(2)7-4-5-12-6-7/h4-6,12H,3H2,1-2H3,(H3,11,13,14,15,16). The molecular formula is C10H15N7. The number of anilines is 4. The van der Waals surface area contributed by atoms with Gasteiger partial charge in [0.15, 0.2) is 0 Å². The largest absolute Gasteiger partial charge is 0.368 e. The number of aromatic amines is 1. The van der Waals surface area contributed by atoms with Crippen molar-refractivity contribution in [3.05, 3.63) is 18.5 Å². The Balaban J connectivity index is 2.31. The Labute approximate surface area is 99.1 Å². The molecule has 0 aliphatic heterocycles. The lowest BCUT2D eigenvalue weighted by Crippen LogP contribution is -2.16. The number of nitrogen functional groups attached to an aromatic ring is 1. The van der Waals surface area contributed by atoms with Gasteiger partial charge in [-0.3, -0.25) is 0 Å². The highest BCUT2D eigenvalue weighted by Crippen LogP contribution is 2.20. The van der Waals surface area contributed by atoms with Crippen LogP contribution in [0.15, 0.2) is 18.5 Å². The summed E-state index contributed by atoms with van der Waals surface area (Å²) in [6.45, 7) is 2.70. The minimum atomic E-state index is 0.202. The molecule has 2 aromatic rings. The smallest absolute Gasteiger partial charge is 0.236 e. The van der Waals surface area contributed by atoms with Crippen molar-refractivity contribution in [3.63, 3.8) is 0 Å². The molecule has 0 saturated heterocycles. The molecule has 0 spiro atoms. The maximum Gasteiger partial charge on any atom is 0.236 e. The Morgan fingerprint density at radius 2 is 2.24 bits per heavy atom. The first-order valence-corrected chi connectivity index (χ1v) is 5.32. The fourth-order valence-corrected chi connectivity index (χ4v) is 1.41. The van der Waals surface area contributed by atoms with Crippen LogP contribution in [-0.4, -0.2) is 33.5 Å². The van der Waals surface area contributed by atoms with Crippen molar-refractivity contribution in [2.24, 2.45) is 0 Å². The number of hydrogen-bond donors (Lipinski definition) is 3. The van der Waals surface area contributed by atoms with Crippen LogP contribution in [0.1, 0.15) is 6.92 Å². The van der Waals surface area contributed by atoms with E-state index < -0.39 is 0 Å². The van der Waals surface area contributed by atoms with Gasteiger partial charge in [-0.1, -0.05) is 0 Å². The molecule has 0 saturated carbocycles. The minimum absolute atomic E-state index is 0.202.